The molecule has 0 saturated heterocycles. The van der Waals surface area contributed by atoms with Crippen LogP contribution in [0.15, 0.2) is 28.9 Å². The van der Waals surface area contributed by atoms with Gasteiger partial charge < -0.3 is 10.6 Å². The number of anilines is 1. The summed E-state index contributed by atoms with van der Waals surface area (Å²) >= 11 is 3.40. The molecule has 0 unspecified atom stereocenters. The van der Waals surface area contributed by atoms with Gasteiger partial charge in [-0.05, 0) is 75.9 Å². The van der Waals surface area contributed by atoms with Gasteiger partial charge in [0.25, 0.3) is 0 Å². The van der Waals surface area contributed by atoms with Crippen LogP contribution in [0.1, 0.15) is 48.7 Å². The van der Waals surface area contributed by atoms with Gasteiger partial charge in [-0.3, -0.25) is 9.59 Å². The molecule has 0 radical (unpaired) electrons. The summed E-state index contributed by atoms with van der Waals surface area (Å²) in [4.78, 5) is 29.2. The van der Waals surface area contributed by atoms with Gasteiger partial charge in [-0.15, -0.1) is 0 Å². The second-order valence-electron chi connectivity index (χ2n) is 8.01. The Hall–Kier alpha value is -2.74. The van der Waals surface area contributed by atoms with Crippen LogP contribution in [0.3, 0.4) is 0 Å². The highest BCUT2D eigenvalue weighted by Gasteiger charge is 2.16. The number of hydrogen-bond acceptors (Lipinski definition) is 4. The summed E-state index contributed by atoms with van der Waals surface area (Å²) in [6.07, 6.45) is 2.69. The Labute approximate surface area is 190 Å². The molecule has 0 saturated carbocycles. The zero-order chi connectivity index (χ0) is 22.7. The summed E-state index contributed by atoms with van der Waals surface area (Å²) in [7, 11) is 0. The topological polar surface area (TPSA) is 88.9 Å². The van der Waals surface area contributed by atoms with Crippen molar-refractivity contribution in [1.29, 1.82) is 0 Å². The molecular formula is C23H28BrN5O2. The average molecular weight is 486 g/mol. The SMILES string of the molecule is Cc1cc(Br)ccc1NC(=O)CNC(=O)CCc1c(C)nc2c(cnn2C(C)C)c1C. The molecule has 7 nitrogen and oxygen atoms in total. The predicted molar refractivity (Wildman–Crippen MR) is 126 cm³/mol. The van der Waals surface area contributed by atoms with E-state index in [0.29, 0.717) is 6.42 Å². The molecule has 31 heavy (non-hydrogen) atoms. The quantitative estimate of drug-likeness (QED) is 0.519. The third-order valence-electron chi connectivity index (χ3n) is 5.34. The molecule has 0 spiro atoms. The van der Waals surface area contributed by atoms with E-state index in [0.717, 1.165) is 43.6 Å². The predicted octanol–water partition coefficient (Wildman–Crippen LogP) is 4.39. The van der Waals surface area contributed by atoms with Crippen LogP contribution in [-0.2, 0) is 16.0 Å². The minimum absolute atomic E-state index is 0.0647. The first-order valence-corrected chi connectivity index (χ1v) is 11.1. The number of carbonyl (C=O) groups is 2. The number of aromatic nitrogens is 3. The number of halogens is 1. The maximum Gasteiger partial charge on any atom is 0.243 e. The molecule has 3 rings (SSSR count). The van der Waals surface area contributed by atoms with Gasteiger partial charge in [-0.25, -0.2) is 9.67 Å². The van der Waals surface area contributed by atoms with Crippen molar-refractivity contribution in [2.24, 2.45) is 0 Å². The van der Waals surface area contributed by atoms with Crippen molar-refractivity contribution in [1.82, 2.24) is 20.1 Å². The summed E-state index contributed by atoms with van der Waals surface area (Å²) in [5.41, 5.74) is 5.62. The lowest BCUT2D eigenvalue weighted by Crippen LogP contribution is -2.33. The van der Waals surface area contributed by atoms with Gasteiger partial charge in [0.15, 0.2) is 5.65 Å². The highest BCUT2D eigenvalue weighted by Crippen LogP contribution is 2.25. The van der Waals surface area contributed by atoms with E-state index in [-0.39, 0.29) is 30.8 Å². The summed E-state index contributed by atoms with van der Waals surface area (Å²) in [5, 5.41) is 11.0. The van der Waals surface area contributed by atoms with E-state index in [4.69, 9.17) is 4.98 Å². The molecule has 2 N–H and O–H groups in total. The molecule has 0 aliphatic carbocycles. The molecule has 0 fully saturated rings. The summed E-state index contributed by atoms with van der Waals surface area (Å²) < 4.78 is 2.86. The number of hydrogen-bond donors (Lipinski definition) is 2. The maximum absolute atomic E-state index is 12.3. The summed E-state index contributed by atoms with van der Waals surface area (Å²) in [6.45, 7) is 10.0. The number of fused-ring (bicyclic) bond motifs is 1. The zero-order valence-corrected chi connectivity index (χ0v) is 20.1. The molecule has 1 aromatic carbocycles. The normalized spacial score (nSPS) is 11.2. The fourth-order valence-electron chi connectivity index (χ4n) is 3.61. The number of nitrogens with one attached hydrogen (secondary N) is 2. The molecule has 0 aliphatic heterocycles. The van der Waals surface area contributed by atoms with E-state index >= 15 is 0 Å². The highest BCUT2D eigenvalue weighted by atomic mass is 79.9. The van der Waals surface area contributed by atoms with E-state index in [2.05, 4.69) is 45.5 Å². The monoisotopic (exact) mass is 485 g/mol. The Balaban J connectivity index is 1.58. The van der Waals surface area contributed by atoms with E-state index in [9.17, 15) is 9.59 Å². The van der Waals surface area contributed by atoms with Crippen molar-refractivity contribution in [3.05, 3.63) is 51.3 Å². The van der Waals surface area contributed by atoms with Gasteiger partial charge in [-0.2, -0.15) is 5.10 Å². The van der Waals surface area contributed by atoms with Gasteiger partial charge in [0.1, 0.15) is 0 Å². The lowest BCUT2D eigenvalue weighted by atomic mass is 10.0. The fraction of sp³-hybridized carbons (Fsp3) is 0.391. The van der Waals surface area contributed by atoms with Crippen LogP contribution in [0.5, 0.6) is 0 Å². The van der Waals surface area contributed by atoms with Crippen LogP contribution in [0.2, 0.25) is 0 Å². The molecular weight excluding hydrogens is 458 g/mol. The number of aryl methyl sites for hydroxylation is 3. The summed E-state index contributed by atoms with van der Waals surface area (Å²) in [5.74, 6) is -0.422. The first kappa shape index (κ1) is 22.9. The number of carbonyl (C=O) groups excluding carboxylic acids is 2. The molecule has 8 heteroatoms. The Bertz CT molecular complexity index is 1140. The largest absolute Gasteiger partial charge is 0.347 e. The van der Waals surface area contributed by atoms with Crippen molar-refractivity contribution < 1.29 is 9.59 Å². The van der Waals surface area contributed by atoms with E-state index in [1.807, 2.05) is 49.8 Å². The second-order valence-corrected chi connectivity index (χ2v) is 8.92. The van der Waals surface area contributed by atoms with Crippen LogP contribution < -0.4 is 10.6 Å². The van der Waals surface area contributed by atoms with Crippen LogP contribution >= 0.6 is 15.9 Å². The lowest BCUT2D eigenvalue weighted by Gasteiger charge is -2.13. The highest BCUT2D eigenvalue weighted by molar-refractivity contribution is 9.10. The van der Waals surface area contributed by atoms with Crippen LogP contribution in [-0.4, -0.2) is 33.1 Å². The van der Waals surface area contributed by atoms with Gasteiger partial charge in [-0.1, -0.05) is 15.9 Å². The van der Waals surface area contributed by atoms with Crippen molar-refractivity contribution in [2.75, 3.05) is 11.9 Å². The molecule has 2 aromatic heterocycles. The number of nitrogens with zero attached hydrogens (tertiary/aromatic N) is 3. The first-order valence-electron chi connectivity index (χ1n) is 10.3. The average Bonchev–Trinajstić information content (AvgIpc) is 3.12. The van der Waals surface area contributed by atoms with Crippen LogP contribution in [0.4, 0.5) is 5.69 Å². The van der Waals surface area contributed by atoms with E-state index < -0.39 is 0 Å². The number of benzene rings is 1. The molecule has 0 bridgehead atoms. The third-order valence-corrected chi connectivity index (χ3v) is 5.83. The van der Waals surface area contributed by atoms with Gasteiger partial charge >= 0.3 is 0 Å². The lowest BCUT2D eigenvalue weighted by molar-refractivity contribution is -0.124. The second kappa shape index (κ2) is 9.60. The standard InChI is InChI=1S/C23H28BrN5O2/c1-13(2)29-23-19(11-26-29)15(4)18(16(5)27-23)7-9-21(30)25-12-22(31)28-20-8-6-17(24)10-14(20)3/h6,8,10-11,13H,7,9,12H2,1-5H3,(H,25,30)(H,28,31). The number of rotatable bonds is 7. The Kier molecular flexibility index (Phi) is 7.10. The van der Waals surface area contributed by atoms with Crippen molar-refractivity contribution in [3.8, 4) is 0 Å². The molecule has 0 atom stereocenters. The molecule has 2 amide bonds. The Morgan fingerprint density at radius 1 is 1.16 bits per heavy atom. The molecule has 164 valence electrons. The number of amides is 2. The van der Waals surface area contributed by atoms with Crippen molar-refractivity contribution in [2.45, 2.75) is 53.5 Å². The minimum Gasteiger partial charge on any atom is -0.347 e. The Morgan fingerprint density at radius 2 is 1.90 bits per heavy atom. The summed E-state index contributed by atoms with van der Waals surface area (Å²) in [6, 6.07) is 5.85. The Morgan fingerprint density at radius 3 is 2.58 bits per heavy atom. The van der Waals surface area contributed by atoms with Crippen molar-refractivity contribution in [3.63, 3.8) is 0 Å². The maximum atomic E-state index is 12.3. The van der Waals surface area contributed by atoms with Gasteiger partial charge in [0, 0.05) is 33.7 Å². The van der Waals surface area contributed by atoms with Gasteiger partial charge in [0.2, 0.25) is 11.8 Å². The van der Waals surface area contributed by atoms with E-state index in [1.54, 1.807) is 0 Å². The minimum atomic E-state index is -0.254. The molecule has 0 aliphatic rings. The van der Waals surface area contributed by atoms with E-state index in [1.165, 1.54) is 0 Å². The molecule has 2 heterocycles. The van der Waals surface area contributed by atoms with Gasteiger partial charge in [0.05, 0.1) is 12.7 Å². The smallest absolute Gasteiger partial charge is 0.243 e. The first-order chi connectivity index (χ1) is 14.7. The molecule has 3 aromatic rings. The van der Waals surface area contributed by atoms with Crippen molar-refractivity contribution >= 4 is 44.5 Å². The zero-order valence-electron chi connectivity index (χ0n) is 18.5. The van der Waals surface area contributed by atoms with Crippen LogP contribution in [0, 0.1) is 20.8 Å². The third kappa shape index (κ3) is 5.31. The fourth-order valence-corrected chi connectivity index (χ4v) is 4.08. The number of pyridine rings is 1. The van der Waals surface area contributed by atoms with Crippen LogP contribution in [0.25, 0.3) is 11.0 Å².